The summed E-state index contributed by atoms with van der Waals surface area (Å²) in [4.78, 5) is 23.6. The van der Waals surface area contributed by atoms with Crippen LogP contribution >= 0.6 is 0 Å². The summed E-state index contributed by atoms with van der Waals surface area (Å²) in [5, 5.41) is 14.7. The minimum Gasteiger partial charge on any atom is -0.508 e. The summed E-state index contributed by atoms with van der Waals surface area (Å²) in [7, 11) is 0. The molecular weight excluding hydrogens is 324 g/mol. The van der Waals surface area contributed by atoms with Gasteiger partial charge in [-0.25, -0.2) is 0 Å². The van der Waals surface area contributed by atoms with Crippen LogP contribution in [0.3, 0.4) is 0 Å². The van der Waals surface area contributed by atoms with E-state index in [4.69, 9.17) is 22.9 Å². The lowest BCUT2D eigenvalue weighted by Gasteiger charge is -2.18. The highest BCUT2D eigenvalue weighted by Crippen LogP contribution is 2.11. The molecule has 0 saturated heterocycles. The van der Waals surface area contributed by atoms with Gasteiger partial charge in [0.15, 0.2) is 0 Å². The van der Waals surface area contributed by atoms with Gasteiger partial charge in [0.05, 0.1) is 0 Å². The summed E-state index contributed by atoms with van der Waals surface area (Å²) >= 11 is 0. The quantitative estimate of drug-likeness (QED) is 0.181. The molecule has 1 aromatic rings. The zero-order chi connectivity index (χ0) is 18.8. The number of nitrogens with two attached hydrogens (primary N) is 4. The number of benzene rings is 1. The fraction of sp³-hybridized carbons (Fsp3) is 0.500. The van der Waals surface area contributed by atoms with Gasteiger partial charge in [0, 0.05) is 18.9 Å². The van der Waals surface area contributed by atoms with E-state index in [1.54, 1.807) is 12.1 Å². The third kappa shape index (κ3) is 9.01. The third-order valence-corrected chi connectivity index (χ3v) is 3.63. The molecule has 0 spiro atoms. The number of phenolic OH excluding ortho intramolecular Hbond substituents is 1. The summed E-state index contributed by atoms with van der Waals surface area (Å²) < 4.78 is 0. The maximum atomic E-state index is 12.1. The first kappa shape index (κ1) is 20.8. The van der Waals surface area contributed by atoms with Crippen LogP contribution in [0.4, 0.5) is 0 Å². The Labute approximate surface area is 147 Å². The zero-order valence-corrected chi connectivity index (χ0v) is 14.2. The van der Waals surface area contributed by atoms with E-state index < -0.39 is 18.2 Å². The second-order valence-corrected chi connectivity index (χ2v) is 5.98. The average molecular weight is 352 g/mol. The number of phenols is 1. The Bertz CT molecular complexity index is 549. The Morgan fingerprint density at radius 2 is 1.76 bits per heavy atom. The van der Waals surface area contributed by atoms with Crippen LogP contribution in [0.5, 0.6) is 5.75 Å². The van der Waals surface area contributed by atoms with Gasteiger partial charge < -0.3 is 33.4 Å². The van der Waals surface area contributed by atoms with E-state index in [1.165, 1.54) is 12.1 Å². The van der Waals surface area contributed by atoms with Crippen molar-refractivity contribution >= 4 is 11.8 Å². The van der Waals surface area contributed by atoms with Crippen LogP contribution in [-0.4, -0.2) is 41.8 Å². The van der Waals surface area contributed by atoms with Gasteiger partial charge in [-0.15, -0.1) is 0 Å². The van der Waals surface area contributed by atoms with Crippen molar-refractivity contribution < 1.29 is 14.7 Å². The van der Waals surface area contributed by atoms with Crippen LogP contribution in [0.2, 0.25) is 0 Å². The first-order valence-corrected chi connectivity index (χ1v) is 8.14. The number of rotatable bonds is 11. The number of nitrogens with one attached hydrogen (secondary N) is 2. The van der Waals surface area contributed by atoms with E-state index in [1.807, 2.05) is 0 Å². The number of carbonyl (C=O) groups is 2. The summed E-state index contributed by atoms with van der Waals surface area (Å²) in [6.45, 7) is 0.609. The zero-order valence-electron chi connectivity index (χ0n) is 14.2. The monoisotopic (exact) mass is 352 g/mol. The van der Waals surface area contributed by atoms with Gasteiger partial charge in [-0.2, -0.15) is 0 Å². The number of hydrogen-bond donors (Lipinski definition) is 7. The molecule has 0 aliphatic heterocycles. The van der Waals surface area contributed by atoms with Gasteiger partial charge in [0.2, 0.25) is 11.8 Å². The van der Waals surface area contributed by atoms with Crippen molar-refractivity contribution in [2.45, 2.75) is 44.1 Å². The van der Waals surface area contributed by atoms with Gasteiger partial charge in [-0.3, -0.25) is 14.9 Å². The topological polar surface area (TPSA) is 183 Å². The molecular formula is C16H28N6O3. The largest absolute Gasteiger partial charge is 0.508 e. The van der Waals surface area contributed by atoms with Gasteiger partial charge >= 0.3 is 0 Å². The predicted octanol–water partition coefficient (Wildman–Crippen LogP) is -1.81. The molecule has 2 amide bonds. The van der Waals surface area contributed by atoms with Gasteiger partial charge in [-0.05, 0) is 37.1 Å². The van der Waals surface area contributed by atoms with Crippen LogP contribution in [0.15, 0.2) is 24.3 Å². The maximum Gasteiger partial charge on any atom is 0.240 e. The predicted molar refractivity (Wildman–Crippen MR) is 94.9 cm³/mol. The molecule has 0 aliphatic carbocycles. The Morgan fingerprint density at radius 1 is 1.12 bits per heavy atom. The van der Waals surface area contributed by atoms with E-state index in [-0.39, 0.29) is 30.5 Å². The van der Waals surface area contributed by atoms with Gasteiger partial charge in [0.1, 0.15) is 18.1 Å². The normalized spacial score (nSPS) is 13.4. The molecule has 0 saturated carbocycles. The Morgan fingerprint density at radius 3 is 2.32 bits per heavy atom. The van der Waals surface area contributed by atoms with Crippen molar-refractivity contribution in [1.29, 1.82) is 0 Å². The molecule has 9 heteroatoms. The SMILES string of the molecule is NC(=O)[C@H](Cc1ccc(O)cc1)NC(=O)C[C@@H](N)CCCNC(N)N. The average Bonchev–Trinajstić information content (AvgIpc) is 2.52. The molecule has 11 N–H and O–H groups in total. The van der Waals surface area contributed by atoms with Crippen LogP contribution in [0.1, 0.15) is 24.8 Å². The van der Waals surface area contributed by atoms with Gasteiger partial charge in [-0.1, -0.05) is 12.1 Å². The molecule has 0 heterocycles. The van der Waals surface area contributed by atoms with Crippen molar-refractivity contribution in [2.24, 2.45) is 22.9 Å². The fourth-order valence-corrected chi connectivity index (χ4v) is 2.32. The standard InChI is InChI=1S/C16H28N6O3/c17-11(2-1-7-21-16(19)20)9-14(24)22-13(15(18)25)8-10-3-5-12(23)6-4-10/h3-6,11,13,16,21,23H,1-2,7-9,17,19-20H2,(H2,18,25)(H,22,24)/t11-,13-/m0/s1. The number of amides is 2. The summed E-state index contributed by atoms with van der Waals surface area (Å²) in [5.74, 6) is -0.839. The molecule has 0 aromatic heterocycles. The van der Waals surface area contributed by atoms with Crippen molar-refractivity contribution in [1.82, 2.24) is 10.6 Å². The molecule has 2 atom stereocenters. The maximum absolute atomic E-state index is 12.1. The van der Waals surface area contributed by atoms with Crippen molar-refractivity contribution in [2.75, 3.05) is 6.54 Å². The molecule has 1 aromatic carbocycles. The molecule has 25 heavy (non-hydrogen) atoms. The minimum atomic E-state index is -0.832. The summed E-state index contributed by atoms with van der Waals surface area (Å²) in [6, 6.07) is 5.18. The molecule has 0 fully saturated rings. The number of carbonyl (C=O) groups excluding carboxylic acids is 2. The highest BCUT2D eigenvalue weighted by molar-refractivity contribution is 5.87. The number of aromatic hydroxyl groups is 1. The van der Waals surface area contributed by atoms with Crippen molar-refractivity contribution in [3.05, 3.63) is 29.8 Å². The first-order valence-electron chi connectivity index (χ1n) is 8.14. The number of hydrogen-bond acceptors (Lipinski definition) is 7. The highest BCUT2D eigenvalue weighted by Gasteiger charge is 2.20. The molecule has 0 bridgehead atoms. The van der Waals surface area contributed by atoms with Gasteiger partial charge in [0.25, 0.3) is 0 Å². The lowest BCUT2D eigenvalue weighted by molar-refractivity contribution is -0.127. The van der Waals surface area contributed by atoms with Crippen LogP contribution in [0, 0.1) is 0 Å². The lowest BCUT2D eigenvalue weighted by Crippen LogP contribution is -2.47. The molecule has 140 valence electrons. The van der Waals surface area contributed by atoms with Crippen molar-refractivity contribution in [3.63, 3.8) is 0 Å². The van der Waals surface area contributed by atoms with Crippen LogP contribution in [0.25, 0.3) is 0 Å². The third-order valence-electron chi connectivity index (χ3n) is 3.63. The second kappa shape index (κ2) is 10.6. The Kier molecular flexibility index (Phi) is 8.86. The summed E-state index contributed by atoms with van der Waals surface area (Å²) in [5.41, 5.74) is 22.8. The van der Waals surface area contributed by atoms with E-state index in [9.17, 15) is 14.7 Å². The van der Waals surface area contributed by atoms with E-state index in [0.717, 1.165) is 12.0 Å². The van der Waals surface area contributed by atoms with Crippen LogP contribution < -0.4 is 33.6 Å². The first-order chi connectivity index (χ1) is 11.8. The van der Waals surface area contributed by atoms with Crippen molar-refractivity contribution in [3.8, 4) is 5.75 Å². The molecule has 0 unspecified atom stereocenters. The Balaban J connectivity index is 2.42. The minimum absolute atomic E-state index is 0.0913. The van der Waals surface area contributed by atoms with E-state index in [2.05, 4.69) is 10.6 Å². The fourth-order valence-electron chi connectivity index (χ4n) is 2.32. The molecule has 0 radical (unpaired) electrons. The lowest BCUT2D eigenvalue weighted by atomic mass is 10.0. The smallest absolute Gasteiger partial charge is 0.240 e. The summed E-state index contributed by atoms with van der Waals surface area (Å²) in [6.07, 6.45) is 1.11. The second-order valence-electron chi connectivity index (χ2n) is 5.98. The van der Waals surface area contributed by atoms with Crippen LogP contribution in [-0.2, 0) is 16.0 Å². The molecule has 1 rings (SSSR count). The molecule has 0 aliphatic rings. The molecule has 9 nitrogen and oxygen atoms in total. The number of primary amides is 1. The Hall–Kier alpha value is -2.20. The highest BCUT2D eigenvalue weighted by atomic mass is 16.3. The van der Waals surface area contributed by atoms with E-state index in [0.29, 0.717) is 13.0 Å². The van der Waals surface area contributed by atoms with E-state index >= 15 is 0 Å².